The van der Waals surface area contributed by atoms with Crippen LogP contribution in [-0.2, 0) is 19.4 Å². The van der Waals surface area contributed by atoms with Gasteiger partial charge in [-0.1, -0.05) is 11.6 Å². The van der Waals surface area contributed by atoms with Gasteiger partial charge >= 0.3 is 0 Å². The van der Waals surface area contributed by atoms with E-state index >= 15 is 0 Å². The van der Waals surface area contributed by atoms with Gasteiger partial charge in [-0.15, -0.1) is 0 Å². The van der Waals surface area contributed by atoms with E-state index in [1.165, 1.54) is 11.1 Å². The Morgan fingerprint density at radius 1 is 1.14 bits per heavy atom. The number of ketones is 1. The molecule has 0 saturated heterocycles. The van der Waals surface area contributed by atoms with Gasteiger partial charge in [-0.2, -0.15) is 0 Å². The highest BCUT2D eigenvalue weighted by molar-refractivity contribution is 6.30. The van der Waals surface area contributed by atoms with Crippen LogP contribution in [0.3, 0.4) is 0 Å². The second-order valence-corrected chi connectivity index (χ2v) is 6.23. The number of ether oxygens (including phenoxy) is 1. The van der Waals surface area contributed by atoms with Crippen molar-refractivity contribution in [2.45, 2.75) is 32.2 Å². The topological polar surface area (TPSA) is 31.2 Å². The van der Waals surface area contributed by atoms with Crippen LogP contribution in [0.1, 0.15) is 39.9 Å². The fourth-order valence-electron chi connectivity index (χ4n) is 3.33. The zero-order chi connectivity index (χ0) is 14.4. The Labute approximate surface area is 128 Å². The maximum atomic E-state index is 11.9. The van der Waals surface area contributed by atoms with Gasteiger partial charge in [0.25, 0.3) is 0 Å². The Hall–Kier alpha value is -1.74. The molecular weight excluding hydrogens is 286 g/mol. The number of hydrogen-bond acceptors (Lipinski definition) is 2. The van der Waals surface area contributed by atoms with E-state index in [0.29, 0.717) is 13.0 Å². The Morgan fingerprint density at radius 2 is 2.05 bits per heavy atom. The van der Waals surface area contributed by atoms with Gasteiger partial charge in [0.15, 0.2) is 5.78 Å². The molecule has 4 heteroatoms. The molecule has 1 aliphatic carbocycles. The molecule has 0 unspecified atom stereocenters. The first-order chi connectivity index (χ1) is 10.2. The van der Waals surface area contributed by atoms with E-state index in [1.807, 2.05) is 18.3 Å². The minimum absolute atomic E-state index is 0.266. The number of hydrogen-bond donors (Lipinski definition) is 0. The van der Waals surface area contributed by atoms with E-state index in [2.05, 4.69) is 10.8 Å². The predicted octanol–water partition coefficient (Wildman–Crippen LogP) is 3.64. The van der Waals surface area contributed by atoms with Crippen molar-refractivity contribution in [1.82, 2.24) is 4.57 Å². The first-order valence-electron chi connectivity index (χ1n) is 7.36. The summed E-state index contributed by atoms with van der Waals surface area (Å²) in [5, 5.41) is 0.752. The molecule has 0 fully saturated rings. The molecule has 2 aliphatic rings. The molecule has 0 saturated carbocycles. The lowest BCUT2D eigenvalue weighted by molar-refractivity contribution is 0.0973. The van der Waals surface area contributed by atoms with Crippen molar-refractivity contribution < 1.29 is 9.53 Å². The van der Waals surface area contributed by atoms with Crippen LogP contribution in [0.5, 0.6) is 5.75 Å². The fourth-order valence-corrected chi connectivity index (χ4v) is 3.59. The third-order valence-electron chi connectivity index (χ3n) is 4.29. The summed E-state index contributed by atoms with van der Waals surface area (Å²) in [7, 11) is 0. The Morgan fingerprint density at radius 3 is 2.90 bits per heavy atom. The zero-order valence-electron chi connectivity index (χ0n) is 11.7. The summed E-state index contributed by atoms with van der Waals surface area (Å²) in [6.07, 6.45) is 7.62. The van der Waals surface area contributed by atoms with Crippen molar-refractivity contribution in [3.05, 3.63) is 51.8 Å². The Kier molecular flexibility index (Phi) is 3.03. The standard InChI is InChI=1S/C17H16ClNO2/c18-14-6-11-4-5-21-17(11)13(7-14)9-19-8-12-2-1-3-16(20)15(12)10-19/h6-8,10H,1-5,9H2. The number of aromatic nitrogens is 1. The molecule has 2 aromatic rings. The number of halogens is 1. The lowest BCUT2D eigenvalue weighted by Crippen LogP contribution is -2.07. The summed E-state index contributed by atoms with van der Waals surface area (Å²) in [5.41, 5.74) is 4.34. The van der Waals surface area contributed by atoms with Gasteiger partial charge in [0.2, 0.25) is 0 Å². The summed E-state index contributed by atoms with van der Waals surface area (Å²) in [5.74, 6) is 1.24. The average molecular weight is 302 g/mol. The molecular formula is C17H16ClNO2. The molecule has 0 radical (unpaired) electrons. The smallest absolute Gasteiger partial charge is 0.164 e. The minimum Gasteiger partial charge on any atom is -0.493 e. The molecule has 0 spiro atoms. The first-order valence-corrected chi connectivity index (χ1v) is 7.74. The van der Waals surface area contributed by atoms with Crippen LogP contribution >= 0.6 is 11.6 Å². The summed E-state index contributed by atoms with van der Waals surface area (Å²) in [6.45, 7) is 1.42. The van der Waals surface area contributed by atoms with Crippen molar-refractivity contribution in [1.29, 1.82) is 0 Å². The molecule has 0 bridgehead atoms. The average Bonchev–Trinajstić information content (AvgIpc) is 3.05. The maximum absolute atomic E-state index is 11.9. The minimum atomic E-state index is 0.266. The lowest BCUT2D eigenvalue weighted by Gasteiger charge is -2.10. The summed E-state index contributed by atoms with van der Waals surface area (Å²) < 4.78 is 7.83. The van der Waals surface area contributed by atoms with Crippen LogP contribution in [-0.4, -0.2) is 17.0 Å². The molecule has 4 rings (SSSR count). The first kappa shape index (κ1) is 13.0. The van der Waals surface area contributed by atoms with Crippen LogP contribution in [0.2, 0.25) is 5.02 Å². The molecule has 2 heterocycles. The van der Waals surface area contributed by atoms with Gasteiger partial charge in [-0.25, -0.2) is 0 Å². The maximum Gasteiger partial charge on any atom is 0.164 e. The number of rotatable bonds is 2. The number of carbonyl (C=O) groups excluding carboxylic acids is 1. The highest BCUT2D eigenvalue weighted by Gasteiger charge is 2.21. The molecule has 1 aromatic heterocycles. The number of carbonyl (C=O) groups is 1. The van der Waals surface area contributed by atoms with Gasteiger partial charge in [0, 0.05) is 41.4 Å². The molecule has 0 atom stereocenters. The van der Waals surface area contributed by atoms with Crippen molar-refractivity contribution in [3.8, 4) is 5.75 Å². The van der Waals surface area contributed by atoms with Crippen molar-refractivity contribution >= 4 is 17.4 Å². The predicted molar refractivity (Wildman–Crippen MR) is 81.5 cm³/mol. The van der Waals surface area contributed by atoms with Crippen LogP contribution in [0.25, 0.3) is 0 Å². The highest BCUT2D eigenvalue weighted by Crippen LogP contribution is 2.34. The normalized spacial score (nSPS) is 16.5. The number of Topliss-reactive ketones (excluding diaryl/α,β-unsaturated/α-hetero) is 1. The molecule has 1 aromatic carbocycles. The number of benzene rings is 1. The van der Waals surface area contributed by atoms with Crippen LogP contribution in [0, 0.1) is 0 Å². The van der Waals surface area contributed by atoms with Gasteiger partial charge in [0.05, 0.1) is 13.2 Å². The van der Waals surface area contributed by atoms with Crippen molar-refractivity contribution in [3.63, 3.8) is 0 Å². The van der Waals surface area contributed by atoms with E-state index < -0.39 is 0 Å². The second-order valence-electron chi connectivity index (χ2n) is 5.80. The molecule has 3 nitrogen and oxygen atoms in total. The Balaban J connectivity index is 1.70. The number of nitrogens with zero attached hydrogens (tertiary/aromatic N) is 1. The summed E-state index contributed by atoms with van der Waals surface area (Å²) in [6, 6.07) is 3.95. The van der Waals surface area contributed by atoms with Crippen LogP contribution in [0.15, 0.2) is 24.5 Å². The van der Waals surface area contributed by atoms with Crippen LogP contribution < -0.4 is 4.74 Å². The SMILES string of the molecule is O=C1CCCc2cn(Cc3cc(Cl)cc4c3OCC4)cc21. The molecule has 0 amide bonds. The molecule has 21 heavy (non-hydrogen) atoms. The number of fused-ring (bicyclic) bond motifs is 2. The van der Waals surface area contributed by atoms with Gasteiger partial charge < -0.3 is 9.30 Å². The summed E-state index contributed by atoms with van der Waals surface area (Å²) >= 11 is 6.20. The largest absolute Gasteiger partial charge is 0.493 e. The van der Waals surface area contributed by atoms with E-state index in [0.717, 1.165) is 47.8 Å². The summed E-state index contributed by atoms with van der Waals surface area (Å²) in [4.78, 5) is 11.9. The van der Waals surface area contributed by atoms with E-state index in [1.54, 1.807) is 0 Å². The quantitative estimate of drug-likeness (QED) is 0.848. The van der Waals surface area contributed by atoms with E-state index in [9.17, 15) is 4.79 Å². The van der Waals surface area contributed by atoms with Crippen molar-refractivity contribution in [2.75, 3.05) is 6.61 Å². The second kappa shape index (κ2) is 4.92. The third kappa shape index (κ3) is 2.26. The third-order valence-corrected chi connectivity index (χ3v) is 4.51. The van der Waals surface area contributed by atoms with Crippen molar-refractivity contribution in [2.24, 2.45) is 0 Å². The Bertz CT molecular complexity index is 733. The highest BCUT2D eigenvalue weighted by atomic mass is 35.5. The van der Waals surface area contributed by atoms with Gasteiger partial charge in [0.1, 0.15) is 5.75 Å². The lowest BCUT2D eigenvalue weighted by atomic mass is 9.95. The fraction of sp³-hybridized carbons (Fsp3) is 0.353. The van der Waals surface area contributed by atoms with Crippen LogP contribution in [0.4, 0.5) is 0 Å². The van der Waals surface area contributed by atoms with Gasteiger partial charge in [-0.3, -0.25) is 4.79 Å². The van der Waals surface area contributed by atoms with E-state index in [-0.39, 0.29) is 5.78 Å². The molecule has 108 valence electrons. The molecule has 1 aliphatic heterocycles. The van der Waals surface area contributed by atoms with Gasteiger partial charge in [-0.05, 0) is 36.1 Å². The molecule has 0 N–H and O–H groups in total. The zero-order valence-corrected chi connectivity index (χ0v) is 12.4. The van der Waals surface area contributed by atoms with E-state index in [4.69, 9.17) is 16.3 Å². The number of aryl methyl sites for hydroxylation is 1. The monoisotopic (exact) mass is 301 g/mol.